The van der Waals surface area contributed by atoms with Crippen molar-refractivity contribution in [1.82, 2.24) is 16.0 Å². The monoisotopic (exact) mass is 259 g/mol. The summed E-state index contributed by atoms with van der Waals surface area (Å²) in [5.41, 5.74) is 0. The maximum absolute atomic E-state index is 5.86. The summed E-state index contributed by atoms with van der Waals surface area (Å²) in [5, 5.41) is 9.99. The summed E-state index contributed by atoms with van der Waals surface area (Å²) in [6.07, 6.45) is 3.60. The van der Waals surface area contributed by atoms with E-state index in [0.717, 1.165) is 25.9 Å². The van der Waals surface area contributed by atoms with Crippen LogP contribution in [0.3, 0.4) is 0 Å². The van der Waals surface area contributed by atoms with E-state index in [1.54, 1.807) is 0 Å². The average molecular weight is 259 g/mol. The molecule has 0 bridgehead atoms. The fraction of sp³-hybridized carbons (Fsp3) is 1.00. The molecule has 0 aliphatic rings. The van der Waals surface area contributed by atoms with Gasteiger partial charge in [0.1, 0.15) is 0 Å². The van der Waals surface area contributed by atoms with Crippen LogP contribution in [0.1, 0.15) is 40.0 Å². The lowest BCUT2D eigenvalue weighted by Crippen LogP contribution is -2.38. The second-order valence-corrected chi connectivity index (χ2v) is 5.15. The molecule has 0 aromatic rings. The van der Waals surface area contributed by atoms with E-state index >= 15 is 0 Å². The maximum atomic E-state index is 5.86. The van der Waals surface area contributed by atoms with Gasteiger partial charge < -0.3 is 20.7 Å². The summed E-state index contributed by atoms with van der Waals surface area (Å²) in [4.78, 5) is 0. The van der Waals surface area contributed by atoms with E-state index in [1.807, 2.05) is 21.1 Å². The molecule has 3 N–H and O–H groups in total. The molecule has 0 aliphatic carbocycles. The van der Waals surface area contributed by atoms with Gasteiger partial charge >= 0.3 is 0 Å². The lowest BCUT2D eigenvalue weighted by atomic mass is 9.98. The van der Waals surface area contributed by atoms with Gasteiger partial charge in [0.15, 0.2) is 0 Å². The molecule has 4 unspecified atom stereocenters. The van der Waals surface area contributed by atoms with Gasteiger partial charge in [-0.25, -0.2) is 0 Å². The number of rotatable bonds is 11. The third kappa shape index (κ3) is 8.03. The molecular weight excluding hydrogens is 226 g/mol. The van der Waals surface area contributed by atoms with Crippen LogP contribution in [-0.2, 0) is 4.74 Å². The molecule has 0 aromatic carbocycles. The Labute approximate surface area is 113 Å². The van der Waals surface area contributed by atoms with Crippen LogP contribution in [0.2, 0.25) is 0 Å². The van der Waals surface area contributed by atoms with E-state index in [2.05, 4.69) is 36.7 Å². The van der Waals surface area contributed by atoms with Crippen molar-refractivity contribution in [2.45, 2.75) is 64.3 Å². The zero-order chi connectivity index (χ0) is 14.0. The number of ether oxygens (including phenoxy) is 1. The highest BCUT2D eigenvalue weighted by atomic mass is 16.5. The van der Waals surface area contributed by atoms with Gasteiger partial charge in [-0.3, -0.25) is 0 Å². The summed E-state index contributed by atoms with van der Waals surface area (Å²) >= 11 is 0. The third-order valence-electron chi connectivity index (χ3n) is 3.60. The largest absolute Gasteiger partial charge is 0.378 e. The third-order valence-corrected chi connectivity index (χ3v) is 3.60. The topological polar surface area (TPSA) is 45.3 Å². The molecule has 0 saturated carbocycles. The minimum atomic E-state index is 0.332. The summed E-state index contributed by atoms with van der Waals surface area (Å²) < 4.78 is 5.86. The predicted octanol–water partition coefficient (Wildman–Crippen LogP) is 1.37. The minimum absolute atomic E-state index is 0.332. The molecule has 0 aliphatic heterocycles. The summed E-state index contributed by atoms with van der Waals surface area (Å²) in [6.45, 7) is 7.29. The zero-order valence-corrected chi connectivity index (χ0v) is 13.0. The van der Waals surface area contributed by atoms with Crippen molar-refractivity contribution in [3.8, 4) is 0 Å². The van der Waals surface area contributed by atoms with Gasteiger partial charge in [0, 0.05) is 24.7 Å². The van der Waals surface area contributed by atoms with Crippen molar-refractivity contribution >= 4 is 0 Å². The van der Waals surface area contributed by atoms with E-state index in [9.17, 15) is 0 Å². The highest BCUT2D eigenvalue weighted by Gasteiger charge is 2.19. The summed E-state index contributed by atoms with van der Waals surface area (Å²) in [5.74, 6) is 0. The number of hydrogen-bond acceptors (Lipinski definition) is 4. The fourth-order valence-electron chi connectivity index (χ4n) is 2.17. The van der Waals surface area contributed by atoms with Gasteiger partial charge in [-0.15, -0.1) is 0 Å². The molecule has 0 saturated heterocycles. The molecule has 4 atom stereocenters. The Balaban J connectivity index is 4.24. The number of hydrogen-bond donors (Lipinski definition) is 3. The molecule has 0 amide bonds. The van der Waals surface area contributed by atoms with Crippen LogP contribution in [-0.4, -0.2) is 52.0 Å². The van der Waals surface area contributed by atoms with E-state index in [1.165, 1.54) is 0 Å². The van der Waals surface area contributed by atoms with Crippen molar-refractivity contribution in [3.05, 3.63) is 0 Å². The van der Waals surface area contributed by atoms with Crippen LogP contribution in [0, 0.1) is 0 Å². The Kier molecular flexibility index (Phi) is 10.6. The first-order valence-corrected chi connectivity index (χ1v) is 7.20. The Morgan fingerprint density at radius 2 is 1.39 bits per heavy atom. The predicted molar refractivity (Wildman–Crippen MR) is 79.2 cm³/mol. The highest BCUT2D eigenvalue weighted by Crippen LogP contribution is 2.13. The minimum Gasteiger partial charge on any atom is -0.378 e. The quantitative estimate of drug-likeness (QED) is 0.524. The molecule has 0 fully saturated rings. The lowest BCUT2D eigenvalue weighted by Gasteiger charge is -2.27. The first-order valence-electron chi connectivity index (χ1n) is 7.20. The molecule has 0 aromatic heterocycles. The Hall–Kier alpha value is -0.160. The van der Waals surface area contributed by atoms with Crippen LogP contribution < -0.4 is 16.0 Å². The highest BCUT2D eigenvalue weighted by molar-refractivity contribution is 4.77. The first kappa shape index (κ1) is 17.8. The van der Waals surface area contributed by atoms with Crippen LogP contribution in [0.5, 0.6) is 0 Å². The maximum Gasteiger partial charge on any atom is 0.0604 e. The van der Waals surface area contributed by atoms with Crippen molar-refractivity contribution in [1.29, 1.82) is 0 Å². The molecule has 4 heteroatoms. The Morgan fingerprint density at radius 3 is 1.83 bits per heavy atom. The molecular formula is C14H33N3O. The van der Waals surface area contributed by atoms with Crippen molar-refractivity contribution in [3.63, 3.8) is 0 Å². The zero-order valence-electron chi connectivity index (χ0n) is 13.0. The smallest absolute Gasteiger partial charge is 0.0604 e. The van der Waals surface area contributed by atoms with Crippen LogP contribution in [0.4, 0.5) is 0 Å². The van der Waals surface area contributed by atoms with Gasteiger partial charge in [-0.2, -0.15) is 0 Å². The second-order valence-electron chi connectivity index (χ2n) is 5.15. The molecule has 18 heavy (non-hydrogen) atoms. The van der Waals surface area contributed by atoms with E-state index in [4.69, 9.17) is 4.74 Å². The van der Waals surface area contributed by atoms with Crippen LogP contribution in [0.25, 0.3) is 0 Å². The van der Waals surface area contributed by atoms with Crippen molar-refractivity contribution in [2.75, 3.05) is 27.7 Å². The Morgan fingerprint density at radius 1 is 0.833 bits per heavy atom. The molecule has 4 nitrogen and oxygen atoms in total. The molecule has 0 rings (SSSR count). The van der Waals surface area contributed by atoms with Crippen LogP contribution in [0.15, 0.2) is 0 Å². The number of nitrogens with one attached hydrogen (secondary N) is 3. The SMILES string of the molecule is CCOC(CC(C)NC)CC(CC(C)NC)NC. The van der Waals surface area contributed by atoms with Crippen LogP contribution >= 0.6 is 0 Å². The molecule has 0 heterocycles. The fourth-order valence-corrected chi connectivity index (χ4v) is 2.17. The average Bonchev–Trinajstić information content (AvgIpc) is 2.37. The van der Waals surface area contributed by atoms with E-state index in [-0.39, 0.29) is 0 Å². The lowest BCUT2D eigenvalue weighted by molar-refractivity contribution is 0.0370. The normalized spacial score (nSPS) is 18.3. The Bertz CT molecular complexity index is 190. The van der Waals surface area contributed by atoms with Gasteiger partial charge in [0.2, 0.25) is 0 Å². The van der Waals surface area contributed by atoms with E-state index < -0.39 is 0 Å². The molecule has 0 radical (unpaired) electrons. The van der Waals surface area contributed by atoms with Gasteiger partial charge in [0.25, 0.3) is 0 Å². The van der Waals surface area contributed by atoms with Crippen molar-refractivity contribution < 1.29 is 4.74 Å². The van der Waals surface area contributed by atoms with Gasteiger partial charge in [-0.1, -0.05) is 0 Å². The standard InChI is InChI=1S/C14H33N3O/c1-7-18-14(9-12(3)16-5)10-13(17-6)8-11(2)15-4/h11-17H,7-10H2,1-6H3. The molecule has 0 spiro atoms. The van der Waals surface area contributed by atoms with Gasteiger partial charge in [-0.05, 0) is 61.2 Å². The summed E-state index contributed by atoms with van der Waals surface area (Å²) in [6, 6.07) is 1.54. The molecule has 110 valence electrons. The first-order chi connectivity index (χ1) is 8.57. The summed E-state index contributed by atoms with van der Waals surface area (Å²) in [7, 11) is 6.06. The van der Waals surface area contributed by atoms with Gasteiger partial charge in [0.05, 0.1) is 6.10 Å². The van der Waals surface area contributed by atoms with E-state index in [0.29, 0.717) is 24.2 Å². The second kappa shape index (κ2) is 10.7. The van der Waals surface area contributed by atoms with Crippen molar-refractivity contribution in [2.24, 2.45) is 0 Å².